The molecule has 0 aliphatic heterocycles. The number of aryl methyl sites for hydroxylation is 1. The number of carbonyl (C=O) groups excluding carboxylic acids is 1. The summed E-state index contributed by atoms with van der Waals surface area (Å²) in [6.45, 7) is 2.20. The Morgan fingerprint density at radius 3 is 2.19 bits per heavy atom. The number of hydrogen-bond donors (Lipinski definition) is 3. The number of aromatic nitrogens is 2. The highest BCUT2D eigenvalue weighted by Crippen LogP contribution is 2.41. The molecule has 0 aliphatic carbocycles. The van der Waals surface area contributed by atoms with E-state index in [1.165, 1.54) is 26.2 Å². The van der Waals surface area contributed by atoms with Gasteiger partial charge in [0.05, 0.1) is 24.9 Å². The second kappa shape index (κ2) is 10.9. The van der Waals surface area contributed by atoms with Crippen LogP contribution in [0.3, 0.4) is 0 Å². The molecule has 0 aliphatic rings. The van der Waals surface area contributed by atoms with Crippen LogP contribution >= 0.6 is 0 Å². The monoisotopic (exact) mass is 593 g/mol. The van der Waals surface area contributed by atoms with Crippen LogP contribution in [0.25, 0.3) is 22.2 Å². The number of halogens is 6. The maximum absolute atomic E-state index is 15.4. The lowest BCUT2D eigenvalue weighted by molar-refractivity contribution is -0.265. The minimum absolute atomic E-state index is 0.0263. The molecule has 0 radical (unpaired) electrons. The number of carbonyl (C=O) groups is 1. The molecule has 42 heavy (non-hydrogen) atoms. The maximum atomic E-state index is 15.4. The van der Waals surface area contributed by atoms with Crippen molar-refractivity contribution in [3.8, 4) is 17.0 Å². The summed E-state index contributed by atoms with van der Waals surface area (Å²) < 4.78 is 91.4. The van der Waals surface area contributed by atoms with E-state index in [4.69, 9.17) is 4.74 Å². The van der Waals surface area contributed by atoms with Crippen molar-refractivity contribution in [1.82, 2.24) is 15.3 Å². The van der Waals surface area contributed by atoms with Crippen LogP contribution in [0.15, 0.2) is 48.5 Å². The predicted octanol–water partition coefficient (Wildman–Crippen LogP) is 5.44. The maximum Gasteiger partial charge on any atom is 0.424 e. The Hall–Kier alpha value is -4.23. The van der Waals surface area contributed by atoms with Crippen LogP contribution in [0.1, 0.15) is 41.0 Å². The number of ether oxygens (including phenoxy) is 1. The third-order valence-corrected chi connectivity index (χ3v) is 6.63. The quantitative estimate of drug-likeness (QED) is 0.195. The third-order valence-electron chi connectivity index (χ3n) is 6.63. The number of aliphatic hydroxyl groups is 2. The zero-order valence-corrected chi connectivity index (χ0v) is 22.7. The SMILES string of the molecule is COc1cc(C(=O)NC[C@](O)(c2cc(C(C)(C)O)c(F)c(-c3ccc(F)cc3)n2)C(F)(F)F)cc2cc(C)c(F)nc12. The molecule has 4 rings (SSSR count). The average molecular weight is 594 g/mol. The Labute approximate surface area is 235 Å². The highest BCUT2D eigenvalue weighted by molar-refractivity contribution is 6.00. The molecule has 1 atom stereocenters. The van der Waals surface area contributed by atoms with Crippen LogP contribution < -0.4 is 10.1 Å². The number of methoxy groups -OCH3 is 1. The number of benzene rings is 2. The summed E-state index contributed by atoms with van der Waals surface area (Å²) in [6.07, 6.45) is -5.46. The predicted molar refractivity (Wildman–Crippen MR) is 140 cm³/mol. The first kappa shape index (κ1) is 30.7. The van der Waals surface area contributed by atoms with Gasteiger partial charge in [0.1, 0.15) is 22.8 Å². The van der Waals surface area contributed by atoms with E-state index in [0.717, 1.165) is 44.2 Å². The van der Waals surface area contributed by atoms with Gasteiger partial charge in [-0.15, -0.1) is 0 Å². The van der Waals surface area contributed by atoms with Crippen LogP contribution in [0.4, 0.5) is 26.3 Å². The summed E-state index contributed by atoms with van der Waals surface area (Å²) in [5.41, 5.74) is -8.43. The van der Waals surface area contributed by atoms with E-state index in [9.17, 15) is 37.0 Å². The summed E-state index contributed by atoms with van der Waals surface area (Å²) in [4.78, 5) is 20.5. The van der Waals surface area contributed by atoms with Crippen molar-refractivity contribution in [3.63, 3.8) is 0 Å². The minimum atomic E-state index is -5.46. The minimum Gasteiger partial charge on any atom is -0.494 e. The van der Waals surface area contributed by atoms with E-state index in [-0.39, 0.29) is 33.3 Å². The molecule has 2 aromatic heterocycles. The van der Waals surface area contributed by atoms with Gasteiger partial charge in [0.15, 0.2) is 5.82 Å². The van der Waals surface area contributed by atoms with E-state index in [1.54, 1.807) is 0 Å². The lowest BCUT2D eigenvalue weighted by atomic mass is 9.90. The molecule has 1 amide bonds. The smallest absolute Gasteiger partial charge is 0.424 e. The Kier molecular flexibility index (Phi) is 7.96. The van der Waals surface area contributed by atoms with Crippen molar-refractivity contribution in [3.05, 3.63) is 88.5 Å². The normalized spacial score (nSPS) is 13.6. The molecular formula is C29H25F6N3O4. The van der Waals surface area contributed by atoms with Gasteiger partial charge >= 0.3 is 6.18 Å². The fourth-order valence-electron chi connectivity index (χ4n) is 4.26. The molecular weight excluding hydrogens is 568 g/mol. The molecule has 13 heteroatoms. The topological polar surface area (TPSA) is 105 Å². The van der Waals surface area contributed by atoms with Crippen molar-refractivity contribution in [2.45, 2.75) is 38.1 Å². The van der Waals surface area contributed by atoms with E-state index in [0.29, 0.717) is 6.07 Å². The Morgan fingerprint density at radius 2 is 1.62 bits per heavy atom. The molecule has 0 fully saturated rings. The van der Waals surface area contributed by atoms with Gasteiger partial charge in [-0.3, -0.25) is 4.79 Å². The number of alkyl halides is 3. The number of fused-ring (bicyclic) bond motifs is 1. The molecule has 4 aromatic rings. The standard InChI is InChI=1S/C29H25F6N3O4/c1-14-9-16-10-17(11-20(42-4)23(16)38-25(14)32)26(39)36-13-28(41,29(33,34)35)21-12-19(27(2,3)40)22(31)24(37-21)15-5-7-18(30)8-6-15/h5-12,40-41H,13H2,1-4H3,(H,36,39)/t28-/m0/s1. The van der Waals surface area contributed by atoms with Crippen LogP contribution in [0.2, 0.25) is 0 Å². The summed E-state index contributed by atoms with van der Waals surface area (Å²) in [5.74, 6) is -3.75. The van der Waals surface area contributed by atoms with Crippen LogP contribution in [-0.4, -0.2) is 45.9 Å². The molecule has 0 saturated carbocycles. The van der Waals surface area contributed by atoms with Gasteiger partial charge in [0, 0.05) is 27.6 Å². The zero-order valence-electron chi connectivity index (χ0n) is 22.7. The van der Waals surface area contributed by atoms with Crippen LogP contribution in [-0.2, 0) is 11.2 Å². The molecule has 0 spiro atoms. The first-order valence-corrected chi connectivity index (χ1v) is 12.4. The summed E-state index contributed by atoms with van der Waals surface area (Å²) >= 11 is 0. The molecule has 0 unspecified atom stereocenters. The average Bonchev–Trinajstić information content (AvgIpc) is 2.91. The van der Waals surface area contributed by atoms with Gasteiger partial charge in [-0.05, 0) is 69.3 Å². The van der Waals surface area contributed by atoms with E-state index >= 15 is 4.39 Å². The number of rotatable bonds is 7. The lowest BCUT2D eigenvalue weighted by Gasteiger charge is -2.32. The lowest BCUT2D eigenvalue weighted by Crippen LogP contribution is -2.51. The molecule has 7 nitrogen and oxygen atoms in total. The highest BCUT2D eigenvalue weighted by atomic mass is 19.4. The first-order chi connectivity index (χ1) is 19.5. The molecule has 2 aromatic carbocycles. The number of hydrogen-bond acceptors (Lipinski definition) is 6. The zero-order chi connectivity index (χ0) is 31.2. The van der Waals surface area contributed by atoms with Crippen molar-refractivity contribution in [2.75, 3.05) is 13.7 Å². The van der Waals surface area contributed by atoms with Crippen molar-refractivity contribution in [1.29, 1.82) is 0 Å². The van der Waals surface area contributed by atoms with Crippen molar-refractivity contribution < 1.29 is 46.1 Å². The third kappa shape index (κ3) is 5.74. The molecule has 3 N–H and O–H groups in total. The summed E-state index contributed by atoms with van der Waals surface area (Å²) in [5, 5.41) is 23.8. The first-order valence-electron chi connectivity index (χ1n) is 12.4. The Morgan fingerprint density at radius 1 is 0.976 bits per heavy atom. The number of amides is 1. The second-order valence-corrected chi connectivity index (χ2v) is 10.2. The number of nitrogens with one attached hydrogen (secondary N) is 1. The number of nitrogens with zero attached hydrogens (tertiary/aromatic N) is 2. The van der Waals surface area contributed by atoms with E-state index in [2.05, 4.69) is 9.97 Å². The Bertz CT molecular complexity index is 1670. The summed E-state index contributed by atoms with van der Waals surface area (Å²) in [7, 11) is 1.23. The molecule has 0 saturated heterocycles. The van der Waals surface area contributed by atoms with Gasteiger partial charge < -0.3 is 20.3 Å². The van der Waals surface area contributed by atoms with E-state index in [1.807, 2.05) is 5.32 Å². The Balaban J connectivity index is 1.79. The molecule has 2 heterocycles. The van der Waals surface area contributed by atoms with Gasteiger partial charge in [-0.1, -0.05) is 0 Å². The highest BCUT2D eigenvalue weighted by Gasteiger charge is 2.57. The van der Waals surface area contributed by atoms with Gasteiger partial charge in [0.25, 0.3) is 5.91 Å². The van der Waals surface area contributed by atoms with Gasteiger partial charge in [-0.2, -0.15) is 17.6 Å². The van der Waals surface area contributed by atoms with Crippen LogP contribution in [0.5, 0.6) is 5.75 Å². The van der Waals surface area contributed by atoms with Crippen molar-refractivity contribution in [2.24, 2.45) is 0 Å². The fourth-order valence-corrected chi connectivity index (χ4v) is 4.26. The largest absolute Gasteiger partial charge is 0.494 e. The second-order valence-electron chi connectivity index (χ2n) is 10.2. The van der Waals surface area contributed by atoms with Gasteiger partial charge in [0.2, 0.25) is 11.5 Å². The van der Waals surface area contributed by atoms with E-state index < -0.39 is 64.4 Å². The van der Waals surface area contributed by atoms with Crippen molar-refractivity contribution >= 4 is 16.8 Å². The molecule has 0 bridgehead atoms. The van der Waals surface area contributed by atoms with Crippen LogP contribution in [0, 0.1) is 24.5 Å². The number of pyridine rings is 2. The van der Waals surface area contributed by atoms with Gasteiger partial charge in [-0.25, -0.2) is 18.7 Å². The molecule has 222 valence electrons. The summed E-state index contributed by atoms with van der Waals surface area (Å²) in [6, 6.07) is 8.35. The fraction of sp³-hybridized carbons (Fsp3) is 0.276.